The molecule has 68 valence electrons. The Kier molecular flexibility index (Phi) is 1.83. The monoisotopic (exact) mass is 169 g/mol. The van der Waals surface area contributed by atoms with Gasteiger partial charge in [-0.25, -0.2) is 0 Å². The van der Waals surface area contributed by atoms with Crippen molar-refractivity contribution in [3.63, 3.8) is 0 Å². The third-order valence-electron chi connectivity index (χ3n) is 2.99. The van der Waals surface area contributed by atoms with Crippen LogP contribution < -0.4 is 0 Å². The summed E-state index contributed by atoms with van der Waals surface area (Å²) in [6.07, 6.45) is 1.89. The van der Waals surface area contributed by atoms with Crippen molar-refractivity contribution in [2.24, 2.45) is 11.8 Å². The topological polar surface area (TPSA) is 40.5 Å². The molecular formula is C9H15NO2. The molecule has 1 N–H and O–H groups in total. The fourth-order valence-corrected chi connectivity index (χ4v) is 2.20. The lowest BCUT2D eigenvalue weighted by atomic mass is 9.76. The highest BCUT2D eigenvalue weighted by Crippen LogP contribution is 2.41. The molecule has 3 unspecified atom stereocenters. The minimum Gasteiger partial charge on any atom is -0.392 e. The SMILES string of the molecule is CC(O)CN1CC2CCC2C1=O. The van der Waals surface area contributed by atoms with E-state index < -0.39 is 0 Å². The van der Waals surface area contributed by atoms with E-state index in [2.05, 4.69) is 0 Å². The summed E-state index contributed by atoms with van der Waals surface area (Å²) in [5.74, 6) is 1.19. The van der Waals surface area contributed by atoms with Crippen LogP contribution in [0.3, 0.4) is 0 Å². The summed E-state index contributed by atoms with van der Waals surface area (Å²) >= 11 is 0. The average Bonchev–Trinajstić information content (AvgIpc) is 2.10. The molecule has 12 heavy (non-hydrogen) atoms. The second-order valence-corrected chi connectivity index (χ2v) is 4.04. The second kappa shape index (κ2) is 2.73. The molecule has 0 bridgehead atoms. The largest absolute Gasteiger partial charge is 0.392 e. The lowest BCUT2D eigenvalue weighted by Gasteiger charge is -2.25. The molecule has 3 atom stereocenters. The molecule has 1 saturated carbocycles. The summed E-state index contributed by atoms with van der Waals surface area (Å²) in [6.45, 7) is 3.13. The molecule has 0 aromatic heterocycles. The van der Waals surface area contributed by atoms with Crippen LogP contribution in [-0.2, 0) is 4.79 Å². The number of hydrogen-bond acceptors (Lipinski definition) is 2. The number of carbonyl (C=O) groups excluding carboxylic acids is 1. The maximum absolute atomic E-state index is 11.5. The van der Waals surface area contributed by atoms with Crippen molar-refractivity contribution in [2.45, 2.75) is 25.9 Å². The van der Waals surface area contributed by atoms with E-state index in [1.165, 1.54) is 6.42 Å². The molecule has 1 aliphatic carbocycles. The molecular weight excluding hydrogens is 154 g/mol. The Morgan fingerprint density at radius 2 is 2.42 bits per heavy atom. The number of hydrogen-bond donors (Lipinski definition) is 1. The number of aliphatic hydroxyl groups excluding tert-OH is 1. The average molecular weight is 169 g/mol. The Hall–Kier alpha value is -0.570. The fourth-order valence-electron chi connectivity index (χ4n) is 2.20. The van der Waals surface area contributed by atoms with Crippen molar-refractivity contribution in [1.29, 1.82) is 0 Å². The smallest absolute Gasteiger partial charge is 0.226 e. The number of carbonyl (C=O) groups is 1. The van der Waals surface area contributed by atoms with Crippen LogP contribution in [0.25, 0.3) is 0 Å². The van der Waals surface area contributed by atoms with E-state index in [9.17, 15) is 4.79 Å². The molecule has 2 aliphatic rings. The summed E-state index contributed by atoms with van der Waals surface area (Å²) in [7, 11) is 0. The number of aliphatic hydroxyl groups is 1. The first kappa shape index (κ1) is 8.05. The number of likely N-dealkylation sites (tertiary alicyclic amines) is 1. The maximum Gasteiger partial charge on any atom is 0.226 e. The van der Waals surface area contributed by atoms with E-state index in [0.29, 0.717) is 18.4 Å². The molecule has 0 radical (unpaired) electrons. The van der Waals surface area contributed by atoms with Gasteiger partial charge in [0.05, 0.1) is 6.10 Å². The van der Waals surface area contributed by atoms with Gasteiger partial charge in [0.2, 0.25) is 5.91 Å². The maximum atomic E-state index is 11.5. The van der Waals surface area contributed by atoms with Crippen LogP contribution in [0.15, 0.2) is 0 Å². The highest BCUT2D eigenvalue weighted by Gasteiger charge is 2.45. The molecule has 1 aliphatic heterocycles. The van der Waals surface area contributed by atoms with Crippen molar-refractivity contribution >= 4 is 5.91 Å². The van der Waals surface area contributed by atoms with Gasteiger partial charge in [0, 0.05) is 19.0 Å². The van der Waals surface area contributed by atoms with Crippen LogP contribution in [0.1, 0.15) is 19.8 Å². The number of amides is 1. The zero-order chi connectivity index (χ0) is 8.72. The van der Waals surface area contributed by atoms with Crippen LogP contribution in [-0.4, -0.2) is 35.1 Å². The highest BCUT2D eigenvalue weighted by atomic mass is 16.3. The molecule has 0 aromatic rings. The van der Waals surface area contributed by atoms with Crippen molar-refractivity contribution in [1.82, 2.24) is 4.90 Å². The van der Waals surface area contributed by atoms with Gasteiger partial charge < -0.3 is 10.0 Å². The summed E-state index contributed by atoms with van der Waals surface area (Å²) < 4.78 is 0. The van der Waals surface area contributed by atoms with Crippen molar-refractivity contribution in [3.8, 4) is 0 Å². The minimum atomic E-state index is -0.383. The molecule has 0 spiro atoms. The first-order valence-electron chi connectivity index (χ1n) is 4.65. The minimum absolute atomic E-state index is 0.271. The molecule has 0 aromatic carbocycles. The molecule has 3 heteroatoms. The lowest BCUT2D eigenvalue weighted by Crippen LogP contribution is -2.33. The van der Waals surface area contributed by atoms with E-state index in [0.717, 1.165) is 13.0 Å². The standard InChI is InChI=1S/C9H15NO2/c1-6(11)4-10-5-7-2-3-8(7)9(10)12/h6-8,11H,2-5H2,1H3. The lowest BCUT2D eigenvalue weighted by molar-refractivity contribution is -0.133. The molecule has 1 heterocycles. The Balaban J connectivity index is 1.95. The predicted octanol–water partition coefficient (Wildman–Crippen LogP) is 0.236. The van der Waals surface area contributed by atoms with Crippen molar-refractivity contribution in [2.75, 3.05) is 13.1 Å². The van der Waals surface area contributed by atoms with Gasteiger partial charge in [-0.1, -0.05) is 0 Å². The van der Waals surface area contributed by atoms with Crippen LogP contribution in [0, 0.1) is 11.8 Å². The Morgan fingerprint density at radius 1 is 1.67 bits per heavy atom. The van der Waals surface area contributed by atoms with Gasteiger partial charge in [-0.05, 0) is 25.7 Å². The quantitative estimate of drug-likeness (QED) is 0.643. The van der Waals surface area contributed by atoms with E-state index in [4.69, 9.17) is 5.11 Å². The van der Waals surface area contributed by atoms with Gasteiger partial charge in [0.25, 0.3) is 0 Å². The van der Waals surface area contributed by atoms with E-state index in [1.807, 2.05) is 4.90 Å². The zero-order valence-electron chi connectivity index (χ0n) is 7.36. The van der Waals surface area contributed by atoms with E-state index >= 15 is 0 Å². The predicted molar refractivity (Wildman–Crippen MR) is 44.5 cm³/mol. The summed E-state index contributed by atoms with van der Waals surface area (Å²) in [5, 5.41) is 9.13. The second-order valence-electron chi connectivity index (χ2n) is 4.04. The van der Waals surface area contributed by atoms with Gasteiger partial charge >= 0.3 is 0 Å². The van der Waals surface area contributed by atoms with Gasteiger partial charge in [-0.2, -0.15) is 0 Å². The van der Waals surface area contributed by atoms with Crippen molar-refractivity contribution < 1.29 is 9.90 Å². The summed E-state index contributed by atoms with van der Waals surface area (Å²) in [5.41, 5.74) is 0. The number of nitrogens with zero attached hydrogens (tertiary/aromatic N) is 1. The zero-order valence-corrected chi connectivity index (χ0v) is 7.36. The van der Waals surface area contributed by atoms with Crippen LogP contribution >= 0.6 is 0 Å². The third kappa shape index (κ3) is 1.12. The van der Waals surface area contributed by atoms with Crippen LogP contribution in [0.4, 0.5) is 0 Å². The van der Waals surface area contributed by atoms with Gasteiger partial charge in [-0.15, -0.1) is 0 Å². The Morgan fingerprint density at radius 3 is 2.75 bits per heavy atom. The molecule has 1 amide bonds. The molecule has 2 rings (SSSR count). The number of fused-ring (bicyclic) bond motifs is 1. The Bertz CT molecular complexity index is 201. The van der Waals surface area contributed by atoms with Crippen LogP contribution in [0.5, 0.6) is 0 Å². The van der Waals surface area contributed by atoms with Gasteiger partial charge in [0.1, 0.15) is 0 Å². The van der Waals surface area contributed by atoms with Gasteiger partial charge in [0.15, 0.2) is 0 Å². The van der Waals surface area contributed by atoms with Crippen molar-refractivity contribution in [3.05, 3.63) is 0 Å². The third-order valence-corrected chi connectivity index (χ3v) is 2.99. The number of β-amino-alcohol motifs (C(OH)–C–C–N with tert-alkyl or cyclic N) is 1. The van der Waals surface area contributed by atoms with E-state index in [1.54, 1.807) is 6.92 Å². The Labute approximate surface area is 72.4 Å². The first-order chi connectivity index (χ1) is 5.68. The first-order valence-corrected chi connectivity index (χ1v) is 4.65. The van der Waals surface area contributed by atoms with Crippen LogP contribution in [0.2, 0.25) is 0 Å². The van der Waals surface area contributed by atoms with Gasteiger partial charge in [-0.3, -0.25) is 4.79 Å². The normalized spacial score (nSPS) is 36.2. The van der Waals surface area contributed by atoms with E-state index in [-0.39, 0.29) is 12.0 Å². The summed E-state index contributed by atoms with van der Waals surface area (Å²) in [4.78, 5) is 13.3. The summed E-state index contributed by atoms with van der Waals surface area (Å²) in [6, 6.07) is 0. The highest BCUT2D eigenvalue weighted by molar-refractivity contribution is 5.82. The molecule has 1 saturated heterocycles. The number of rotatable bonds is 2. The molecule has 2 fully saturated rings. The molecule has 3 nitrogen and oxygen atoms in total. The fraction of sp³-hybridized carbons (Fsp3) is 0.889.